The van der Waals surface area contributed by atoms with Gasteiger partial charge in [-0.3, -0.25) is 9.59 Å². The van der Waals surface area contributed by atoms with Gasteiger partial charge in [-0.15, -0.1) is 0 Å². The SMILES string of the molecule is C=C1CCC(N2C(=C)c3c(CNC(=O)c4cccc(C)c4)cccc3N=C2C)C(=O)N1. The molecule has 2 amide bonds. The van der Waals surface area contributed by atoms with Crippen LogP contribution in [0.4, 0.5) is 5.69 Å². The number of hydrogen-bond donors (Lipinski definition) is 2. The Morgan fingerprint density at radius 2 is 2.00 bits per heavy atom. The molecule has 1 atom stereocenters. The van der Waals surface area contributed by atoms with E-state index in [0.717, 1.165) is 39.6 Å². The minimum atomic E-state index is -0.384. The number of rotatable bonds is 4. The van der Waals surface area contributed by atoms with Gasteiger partial charge in [-0.1, -0.05) is 43.0 Å². The number of aryl methyl sites for hydroxylation is 1. The van der Waals surface area contributed by atoms with E-state index in [2.05, 4.69) is 23.8 Å². The molecule has 0 bridgehead atoms. The van der Waals surface area contributed by atoms with Gasteiger partial charge in [-0.2, -0.15) is 0 Å². The molecule has 1 fully saturated rings. The van der Waals surface area contributed by atoms with Gasteiger partial charge in [0.1, 0.15) is 11.9 Å². The predicted octanol–water partition coefficient (Wildman–Crippen LogP) is 4.05. The van der Waals surface area contributed by atoms with Crippen LogP contribution in [0.1, 0.15) is 46.8 Å². The van der Waals surface area contributed by atoms with Crippen molar-refractivity contribution in [3.05, 3.63) is 83.6 Å². The molecule has 6 heteroatoms. The predicted molar refractivity (Wildman–Crippen MR) is 123 cm³/mol. The average Bonchev–Trinajstić information content (AvgIpc) is 2.73. The van der Waals surface area contributed by atoms with Crippen molar-refractivity contribution < 1.29 is 9.59 Å². The molecule has 0 spiro atoms. The normalized spacial score (nSPS) is 18.3. The number of hydrogen-bond acceptors (Lipinski definition) is 4. The molecule has 2 aliphatic heterocycles. The zero-order valence-corrected chi connectivity index (χ0v) is 17.9. The summed E-state index contributed by atoms with van der Waals surface area (Å²) in [5, 5.41) is 5.84. The molecule has 6 nitrogen and oxygen atoms in total. The van der Waals surface area contributed by atoms with E-state index >= 15 is 0 Å². The summed E-state index contributed by atoms with van der Waals surface area (Å²) in [7, 11) is 0. The second-order valence-corrected chi connectivity index (χ2v) is 7.99. The third-order valence-electron chi connectivity index (χ3n) is 5.69. The van der Waals surface area contributed by atoms with Crippen LogP contribution in [0.2, 0.25) is 0 Å². The lowest BCUT2D eigenvalue weighted by molar-refractivity contribution is -0.124. The number of aliphatic imine (C=N–C) groups is 1. The molecule has 1 saturated heterocycles. The van der Waals surface area contributed by atoms with Gasteiger partial charge in [0.05, 0.1) is 5.69 Å². The highest BCUT2D eigenvalue weighted by Crippen LogP contribution is 2.38. The number of amides is 2. The Balaban J connectivity index is 1.60. The van der Waals surface area contributed by atoms with Crippen LogP contribution >= 0.6 is 0 Å². The highest BCUT2D eigenvalue weighted by atomic mass is 16.2. The number of nitrogens with zero attached hydrogens (tertiary/aromatic N) is 2. The van der Waals surface area contributed by atoms with Crippen molar-refractivity contribution in [3.63, 3.8) is 0 Å². The quantitative estimate of drug-likeness (QED) is 0.793. The van der Waals surface area contributed by atoms with Crippen LogP contribution < -0.4 is 10.6 Å². The number of carbonyl (C=O) groups is 2. The second kappa shape index (κ2) is 8.22. The van der Waals surface area contributed by atoms with Crippen molar-refractivity contribution >= 4 is 29.0 Å². The van der Waals surface area contributed by atoms with Crippen LogP contribution in [0.15, 0.2) is 66.3 Å². The molecule has 158 valence electrons. The highest BCUT2D eigenvalue weighted by molar-refractivity contribution is 6.01. The van der Waals surface area contributed by atoms with E-state index in [0.29, 0.717) is 24.9 Å². The van der Waals surface area contributed by atoms with Gasteiger partial charge >= 0.3 is 0 Å². The first-order valence-corrected chi connectivity index (χ1v) is 10.3. The van der Waals surface area contributed by atoms with Crippen molar-refractivity contribution in [1.29, 1.82) is 0 Å². The van der Waals surface area contributed by atoms with Crippen LogP contribution in [0.25, 0.3) is 5.70 Å². The van der Waals surface area contributed by atoms with Crippen molar-refractivity contribution in [3.8, 4) is 0 Å². The summed E-state index contributed by atoms with van der Waals surface area (Å²) in [5.74, 6) is 0.496. The fourth-order valence-electron chi connectivity index (χ4n) is 4.19. The number of amidine groups is 1. The topological polar surface area (TPSA) is 73.8 Å². The summed E-state index contributed by atoms with van der Waals surface area (Å²) in [6.07, 6.45) is 1.37. The van der Waals surface area contributed by atoms with Gasteiger partial charge in [0.2, 0.25) is 5.91 Å². The van der Waals surface area contributed by atoms with E-state index in [1.165, 1.54) is 0 Å². The molecule has 0 aromatic heterocycles. The molecule has 0 radical (unpaired) electrons. The molecule has 2 N–H and O–H groups in total. The van der Waals surface area contributed by atoms with Crippen LogP contribution in [0, 0.1) is 6.92 Å². The second-order valence-electron chi connectivity index (χ2n) is 7.99. The van der Waals surface area contributed by atoms with Gasteiger partial charge in [0.15, 0.2) is 0 Å². The van der Waals surface area contributed by atoms with E-state index < -0.39 is 0 Å². The number of benzene rings is 2. The smallest absolute Gasteiger partial charge is 0.251 e. The summed E-state index contributed by atoms with van der Waals surface area (Å²) in [4.78, 5) is 31.9. The maximum Gasteiger partial charge on any atom is 0.251 e. The molecule has 1 unspecified atom stereocenters. The van der Waals surface area contributed by atoms with Gasteiger partial charge in [-0.25, -0.2) is 4.99 Å². The summed E-state index contributed by atoms with van der Waals surface area (Å²) >= 11 is 0. The standard InChI is InChI=1S/C25H26N4O2/c1-15-7-5-8-19(13-15)24(30)26-14-20-9-6-10-21-23(20)17(3)29(18(4)28-21)22-12-11-16(2)27-25(22)31/h5-10,13,22H,2-3,11-12,14H2,1,4H3,(H,26,30)(H,27,31). The maximum absolute atomic E-state index is 12.6. The third-order valence-corrected chi connectivity index (χ3v) is 5.69. The molecule has 0 saturated carbocycles. The molecule has 4 rings (SSSR count). The Morgan fingerprint density at radius 1 is 1.23 bits per heavy atom. The first-order chi connectivity index (χ1) is 14.8. The minimum Gasteiger partial charge on any atom is -0.348 e. The number of carbonyl (C=O) groups excluding carboxylic acids is 2. The highest BCUT2D eigenvalue weighted by Gasteiger charge is 2.35. The first kappa shape index (κ1) is 20.6. The van der Waals surface area contributed by atoms with E-state index in [1.54, 1.807) is 6.07 Å². The lowest BCUT2D eigenvalue weighted by Gasteiger charge is -2.39. The summed E-state index contributed by atoms with van der Waals surface area (Å²) < 4.78 is 0. The van der Waals surface area contributed by atoms with E-state index in [-0.39, 0.29) is 17.9 Å². The van der Waals surface area contributed by atoms with Gasteiger partial charge in [-0.05, 0) is 50.5 Å². The van der Waals surface area contributed by atoms with Crippen molar-refractivity contribution in [2.45, 2.75) is 39.3 Å². The maximum atomic E-state index is 12.6. The Kier molecular flexibility index (Phi) is 5.46. The summed E-state index contributed by atoms with van der Waals surface area (Å²) in [6, 6.07) is 12.9. The number of fused-ring (bicyclic) bond motifs is 1. The fraction of sp³-hybridized carbons (Fsp3) is 0.240. The Bertz CT molecular complexity index is 1130. The lowest BCUT2D eigenvalue weighted by atomic mass is 9.96. The lowest BCUT2D eigenvalue weighted by Crippen LogP contribution is -2.51. The Labute approximate surface area is 182 Å². The first-order valence-electron chi connectivity index (χ1n) is 10.3. The summed E-state index contributed by atoms with van der Waals surface area (Å²) in [6.45, 7) is 12.3. The third kappa shape index (κ3) is 4.01. The molecule has 2 aromatic carbocycles. The number of nitrogens with one attached hydrogen (secondary N) is 2. The Hall–Kier alpha value is -3.67. The van der Waals surface area contributed by atoms with E-state index in [1.807, 2.05) is 55.1 Å². The molecular formula is C25H26N4O2. The molecule has 0 aliphatic carbocycles. The fourth-order valence-corrected chi connectivity index (χ4v) is 4.19. The minimum absolute atomic E-state index is 0.0966. The Morgan fingerprint density at radius 3 is 2.74 bits per heavy atom. The molecule has 31 heavy (non-hydrogen) atoms. The van der Waals surface area contributed by atoms with Crippen molar-refractivity contribution in [1.82, 2.24) is 15.5 Å². The molecule has 2 aromatic rings. The van der Waals surface area contributed by atoms with E-state index in [9.17, 15) is 9.59 Å². The molecular weight excluding hydrogens is 388 g/mol. The number of allylic oxidation sites excluding steroid dienone is 1. The molecule has 2 aliphatic rings. The van der Waals surface area contributed by atoms with Crippen molar-refractivity contribution in [2.75, 3.05) is 0 Å². The molecule has 2 heterocycles. The van der Waals surface area contributed by atoms with Crippen LogP contribution in [0.5, 0.6) is 0 Å². The number of piperidine rings is 1. The van der Waals surface area contributed by atoms with Gasteiger partial charge < -0.3 is 15.5 Å². The largest absolute Gasteiger partial charge is 0.348 e. The zero-order chi connectivity index (χ0) is 22.1. The monoisotopic (exact) mass is 414 g/mol. The average molecular weight is 415 g/mol. The summed E-state index contributed by atoms with van der Waals surface area (Å²) in [5.41, 5.74) is 5.67. The van der Waals surface area contributed by atoms with E-state index in [4.69, 9.17) is 4.99 Å². The zero-order valence-electron chi connectivity index (χ0n) is 17.9. The van der Waals surface area contributed by atoms with Gasteiger partial charge in [0.25, 0.3) is 5.91 Å². The van der Waals surface area contributed by atoms with Crippen molar-refractivity contribution in [2.24, 2.45) is 4.99 Å². The van der Waals surface area contributed by atoms with Gasteiger partial charge in [0, 0.05) is 29.1 Å². The van der Waals surface area contributed by atoms with Crippen LogP contribution in [-0.2, 0) is 11.3 Å². The van der Waals surface area contributed by atoms with Crippen LogP contribution in [-0.4, -0.2) is 28.6 Å². The van der Waals surface area contributed by atoms with Crippen LogP contribution in [0.3, 0.4) is 0 Å².